The van der Waals surface area contributed by atoms with Crippen molar-refractivity contribution < 1.29 is 19.4 Å². The van der Waals surface area contributed by atoms with E-state index in [0.29, 0.717) is 6.61 Å². The number of carbonyl (C=O) groups excluding carboxylic acids is 1. The summed E-state index contributed by atoms with van der Waals surface area (Å²) in [6, 6.07) is -0.656. The monoisotopic (exact) mass is 266 g/mol. The first-order valence-corrected chi connectivity index (χ1v) is 6.28. The summed E-state index contributed by atoms with van der Waals surface area (Å²) in [5.41, 5.74) is 0. The molecule has 1 aliphatic rings. The maximum absolute atomic E-state index is 11.5. The zero-order valence-corrected chi connectivity index (χ0v) is 11.2. The third kappa shape index (κ3) is 5.85. The number of alkyl carbamates (subject to hydrolysis) is 1. The van der Waals surface area contributed by atoms with E-state index in [9.17, 15) is 9.59 Å². The van der Waals surface area contributed by atoms with Crippen molar-refractivity contribution in [3.8, 4) is 0 Å². The summed E-state index contributed by atoms with van der Waals surface area (Å²) in [5.74, 6) is -1.22. The van der Waals surface area contributed by atoms with Crippen LogP contribution in [0.2, 0.25) is 0 Å². The summed E-state index contributed by atoms with van der Waals surface area (Å²) >= 11 is 0. The molecule has 0 spiro atoms. The number of likely N-dealkylation sites (N-methyl/N-ethyl adjacent to an activating group) is 1. The Bertz CT molecular complexity index is 312. The van der Waals surface area contributed by atoms with Gasteiger partial charge in [-0.1, -0.05) is 13.8 Å². The van der Waals surface area contributed by atoms with Crippen LogP contribution >= 0.6 is 0 Å². The van der Waals surface area contributed by atoms with Crippen LogP contribution in [-0.2, 0) is 9.53 Å². The van der Waals surface area contributed by atoms with E-state index in [2.05, 4.69) is 10.2 Å². The molecule has 1 heterocycles. The van der Waals surface area contributed by atoms with Crippen molar-refractivity contribution in [2.45, 2.75) is 38.8 Å². The van der Waals surface area contributed by atoms with E-state index >= 15 is 0 Å². The minimum atomic E-state index is -1.04. The molecular weight excluding hydrogens is 243 g/mol. The van der Waals surface area contributed by atoms with E-state index < -0.39 is 18.1 Å². The van der Waals surface area contributed by atoms with E-state index in [0.717, 1.165) is 19.4 Å². The molecule has 6 nitrogen and oxygen atoms in total. The number of carboxylic acid groups (broad SMARTS) is 1. The van der Waals surface area contributed by atoms with Gasteiger partial charge in [-0.3, -0.25) is 0 Å². The molecule has 1 amide bonds. The second-order valence-corrected chi connectivity index (χ2v) is 5.08. The Balaban J connectivity index is 0.00000324. The Morgan fingerprint density at radius 1 is 1.47 bits per heavy atom. The number of hydrogen-bond acceptors (Lipinski definition) is 4. The first kappa shape index (κ1) is 18.3. The van der Waals surface area contributed by atoms with Gasteiger partial charge in [-0.25, -0.2) is 9.59 Å². The van der Waals surface area contributed by atoms with E-state index in [4.69, 9.17) is 9.84 Å². The van der Waals surface area contributed by atoms with Gasteiger partial charge in [0.1, 0.15) is 12.6 Å². The van der Waals surface area contributed by atoms with Crippen LogP contribution < -0.4 is 5.32 Å². The summed E-state index contributed by atoms with van der Waals surface area (Å²) in [5, 5.41) is 11.3. The van der Waals surface area contributed by atoms with Gasteiger partial charge in [0, 0.05) is 6.04 Å². The van der Waals surface area contributed by atoms with Gasteiger partial charge < -0.3 is 20.1 Å². The molecule has 1 rings (SSSR count). The summed E-state index contributed by atoms with van der Waals surface area (Å²) in [7, 11) is 1.99. The predicted octanol–water partition coefficient (Wildman–Crippen LogP) is 0.268. The van der Waals surface area contributed by atoms with Gasteiger partial charge in [0.15, 0.2) is 0 Å². The SMILES string of the molecule is CC(C)C(NC(=O)OCC1CCCN1C)C(=O)O.[LiH]. The number of ether oxygens (including phenoxy) is 1. The first-order valence-electron chi connectivity index (χ1n) is 6.28. The van der Waals surface area contributed by atoms with Crippen molar-refractivity contribution in [2.75, 3.05) is 20.2 Å². The molecular formula is C12H23LiN2O4. The van der Waals surface area contributed by atoms with Crippen molar-refractivity contribution in [3.05, 3.63) is 0 Å². The van der Waals surface area contributed by atoms with Crippen LogP contribution in [-0.4, -0.2) is 73.2 Å². The Morgan fingerprint density at radius 3 is 2.53 bits per heavy atom. The number of aliphatic carboxylic acids is 1. The number of rotatable bonds is 5. The van der Waals surface area contributed by atoms with Crippen LogP contribution in [0.15, 0.2) is 0 Å². The zero-order valence-electron chi connectivity index (χ0n) is 11.2. The van der Waals surface area contributed by atoms with E-state index in [-0.39, 0.29) is 30.8 Å². The van der Waals surface area contributed by atoms with Crippen LogP contribution in [0, 0.1) is 5.92 Å². The topological polar surface area (TPSA) is 78.9 Å². The molecule has 106 valence electrons. The van der Waals surface area contributed by atoms with Gasteiger partial charge >= 0.3 is 30.9 Å². The van der Waals surface area contributed by atoms with E-state index in [1.807, 2.05) is 7.05 Å². The number of likely N-dealkylation sites (tertiary alicyclic amines) is 1. The van der Waals surface area contributed by atoms with Crippen molar-refractivity contribution in [3.63, 3.8) is 0 Å². The van der Waals surface area contributed by atoms with Crippen LogP contribution in [0.3, 0.4) is 0 Å². The van der Waals surface area contributed by atoms with Gasteiger partial charge in [-0.15, -0.1) is 0 Å². The second kappa shape index (κ2) is 8.46. The molecule has 0 aromatic heterocycles. The molecule has 1 fully saturated rings. The van der Waals surface area contributed by atoms with Crippen LogP contribution in [0.5, 0.6) is 0 Å². The zero-order chi connectivity index (χ0) is 13.7. The average Bonchev–Trinajstić information content (AvgIpc) is 2.68. The fourth-order valence-corrected chi connectivity index (χ4v) is 2.04. The van der Waals surface area contributed by atoms with Gasteiger partial charge in [0.2, 0.25) is 0 Å². The van der Waals surface area contributed by atoms with Crippen molar-refractivity contribution in [1.29, 1.82) is 0 Å². The normalized spacial score (nSPS) is 20.7. The molecule has 0 bridgehead atoms. The van der Waals surface area contributed by atoms with Gasteiger partial charge in [0.25, 0.3) is 0 Å². The molecule has 2 N–H and O–H groups in total. The molecule has 0 aliphatic carbocycles. The fourth-order valence-electron chi connectivity index (χ4n) is 2.04. The second-order valence-electron chi connectivity index (χ2n) is 5.08. The van der Waals surface area contributed by atoms with Crippen LogP contribution in [0.25, 0.3) is 0 Å². The standard InChI is InChI=1S/C12H22N2O4.Li.H/c1-8(2)10(11(15)16)13-12(17)18-7-9-5-4-6-14(9)3;;/h8-10H,4-7H2,1-3H3,(H,13,17)(H,15,16);;. The molecule has 2 unspecified atom stereocenters. The maximum atomic E-state index is 11.5. The predicted molar refractivity (Wildman–Crippen MR) is 73.5 cm³/mol. The molecule has 0 saturated carbocycles. The van der Waals surface area contributed by atoms with Crippen molar-refractivity contribution in [1.82, 2.24) is 10.2 Å². The summed E-state index contributed by atoms with van der Waals surface area (Å²) in [4.78, 5) is 24.6. The number of carbonyl (C=O) groups is 2. The average molecular weight is 266 g/mol. The Hall–Kier alpha value is -0.703. The number of nitrogens with zero attached hydrogens (tertiary/aromatic N) is 1. The third-order valence-electron chi connectivity index (χ3n) is 3.28. The Kier molecular flexibility index (Phi) is 8.15. The molecule has 1 aliphatic heterocycles. The van der Waals surface area contributed by atoms with E-state index in [1.165, 1.54) is 0 Å². The number of hydrogen-bond donors (Lipinski definition) is 2. The summed E-state index contributed by atoms with van der Waals surface area (Å²) in [6.45, 7) is 4.81. The first-order chi connectivity index (χ1) is 8.41. The molecule has 7 heteroatoms. The van der Waals surface area contributed by atoms with Crippen molar-refractivity contribution in [2.24, 2.45) is 5.92 Å². The number of carboxylic acids is 1. The summed E-state index contributed by atoms with van der Waals surface area (Å²) < 4.78 is 5.07. The van der Waals surface area contributed by atoms with Crippen LogP contribution in [0.4, 0.5) is 4.79 Å². The number of nitrogens with one attached hydrogen (secondary N) is 1. The van der Waals surface area contributed by atoms with Crippen molar-refractivity contribution >= 4 is 30.9 Å². The fraction of sp³-hybridized carbons (Fsp3) is 0.833. The molecule has 0 radical (unpaired) electrons. The molecule has 0 aromatic carbocycles. The van der Waals surface area contributed by atoms with Gasteiger partial charge in [-0.2, -0.15) is 0 Å². The molecule has 19 heavy (non-hydrogen) atoms. The summed E-state index contributed by atoms with van der Waals surface area (Å²) in [6.07, 6.45) is 1.46. The van der Waals surface area contributed by atoms with E-state index in [1.54, 1.807) is 13.8 Å². The third-order valence-corrected chi connectivity index (χ3v) is 3.28. The van der Waals surface area contributed by atoms with Crippen LogP contribution in [0.1, 0.15) is 26.7 Å². The quantitative estimate of drug-likeness (QED) is 0.698. The molecule has 1 saturated heterocycles. The Labute approximate surface area is 126 Å². The van der Waals surface area contributed by atoms with Gasteiger partial charge in [-0.05, 0) is 32.4 Å². The Morgan fingerprint density at radius 2 is 2.11 bits per heavy atom. The molecule has 2 atom stereocenters. The molecule has 0 aromatic rings. The number of amides is 1. The van der Waals surface area contributed by atoms with Gasteiger partial charge in [0.05, 0.1) is 0 Å². The minimum absolute atomic E-state index is 0.